The maximum Gasteiger partial charge on any atom is 0.132 e. The van der Waals surface area contributed by atoms with Gasteiger partial charge in [0.05, 0.1) is 0 Å². The first kappa shape index (κ1) is 11.9. The van der Waals surface area contributed by atoms with Gasteiger partial charge in [-0.2, -0.15) is 0 Å². The second-order valence-electron chi connectivity index (χ2n) is 4.90. The van der Waals surface area contributed by atoms with Crippen molar-refractivity contribution in [2.75, 3.05) is 0 Å². The number of nitrogens with one attached hydrogen (secondary N) is 1. The van der Waals surface area contributed by atoms with Gasteiger partial charge in [0.25, 0.3) is 0 Å². The van der Waals surface area contributed by atoms with Crippen LogP contribution < -0.4 is 5.32 Å². The molecule has 1 aromatic carbocycles. The summed E-state index contributed by atoms with van der Waals surface area (Å²) < 4.78 is 14.1. The van der Waals surface area contributed by atoms with Crippen LogP contribution in [-0.2, 0) is 6.54 Å². The first-order valence-corrected chi connectivity index (χ1v) is 7.18. The van der Waals surface area contributed by atoms with Crippen LogP contribution in [0.3, 0.4) is 0 Å². The minimum Gasteiger partial charge on any atom is -0.310 e. The lowest BCUT2D eigenvalue weighted by Gasteiger charge is -2.07. The fraction of sp³-hybridized carbons (Fsp3) is 0.333. The van der Waals surface area contributed by atoms with Gasteiger partial charge in [-0.1, -0.05) is 12.1 Å². The third kappa shape index (κ3) is 2.47. The van der Waals surface area contributed by atoms with E-state index in [-0.39, 0.29) is 5.82 Å². The lowest BCUT2D eigenvalue weighted by atomic mass is 10.1. The Labute approximate surface area is 111 Å². The van der Waals surface area contributed by atoms with Gasteiger partial charge in [-0.3, -0.25) is 0 Å². The van der Waals surface area contributed by atoms with E-state index in [1.54, 1.807) is 17.4 Å². The number of hydrogen-bond donors (Lipinski definition) is 1. The van der Waals surface area contributed by atoms with Crippen LogP contribution in [0.2, 0.25) is 0 Å². The highest BCUT2D eigenvalue weighted by atomic mass is 32.1. The van der Waals surface area contributed by atoms with Crippen molar-refractivity contribution in [1.29, 1.82) is 0 Å². The van der Waals surface area contributed by atoms with Crippen LogP contribution in [0.4, 0.5) is 4.39 Å². The summed E-state index contributed by atoms with van der Waals surface area (Å²) in [5.74, 6) is -0.115. The molecule has 18 heavy (non-hydrogen) atoms. The zero-order valence-corrected chi connectivity index (χ0v) is 11.2. The summed E-state index contributed by atoms with van der Waals surface area (Å²) in [5.41, 5.74) is 2.89. The SMILES string of the molecule is Cc1ccsc1-c1ccc(CNC2CC2)cc1F. The molecule has 0 amide bonds. The van der Waals surface area contributed by atoms with E-state index in [9.17, 15) is 4.39 Å². The van der Waals surface area contributed by atoms with E-state index in [0.29, 0.717) is 6.04 Å². The maximum atomic E-state index is 14.1. The summed E-state index contributed by atoms with van der Waals surface area (Å²) >= 11 is 1.60. The molecule has 0 atom stereocenters. The molecule has 1 saturated carbocycles. The quantitative estimate of drug-likeness (QED) is 0.873. The van der Waals surface area contributed by atoms with Crippen molar-refractivity contribution in [1.82, 2.24) is 5.32 Å². The zero-order valence-electron chi connectivity index (χ0n) is 10.4. The van der Waals surface area contributed by atoms with Crippen molar-refractivity contribution in [3.8, 4) is 10.4 Å². The van der Waals surface area contributed by atoms with Crippen LogP contribution in [0.1, 0.15) is 24.0 Å². The topological polar surface area (TPSA) is 12.0 Å². The molecule has 94 valence electrons. The monoisotopic (exact) mass is 261 g/mol. The van der Waals surface area contributed by atoms with Gasteiger partial charge in [0.15, 0.2) is 0 Å². The second kappa shape index (κ2) is 4.82. The molecule has 3 rings (SSSR count). The van der Waals surface area contributed by atoms with Gasteiger partial charge < -0.3 is 5.32 Å². The standard InChI is InChI=1S/C15H16FNS/c1-10-6-7-18-15(10)13-5-2-11(8-14(13)16)9-17-12-3-4-12/h2,5-8,12,17H,3-4,9H2,1H3. The molecule has 1 heterocycles. The summed E-state index contributed by atoms with van der Waals surface area (Å²) in [6, 6.07) is 8.27. The Hall–Kier alpha value is -1.19. The minimum absolute atomic E-state index is 0.115. The lowest BCUT2D eigenvalue weighted by Crippen LogP contribution is -2.15. The fourth-order valence-corrected chi connectivity index (χ4v) is 3.01. The average molecular weight is 261 g/mol. The molecule has 1 aromatic heterocycles. The van der Waals surface area contributed by atoms with E-state index in [2.05, 4.69) is 5.32 Å². The van der Waals surface area contributed by atoms with Crippen LogP contribution in [-0.4, -0.2) is 6.04 Å². The van der Waals surface area contributed by atoms with Crippen LogP contribution in [0.5, 0.6) is 0 Å². The normalized spacial score (nSPS) is 15.0. The zero-order chi connectivity index (χ0) is 12.5. The van der Waals surface area contributed by atoms with Crippen LogP contribution in [0, 0.1) is 12.7 Å². The Kier molecular flexibility index (Phi) is 3.18. The summed E-state index contributed by atoms with van der Waals surface area (Å²) in [5, 5.41) is 5.41. The van der Waals surface area contributed by atoms with E-state index >= 15 is 0 Å². The molecule has 0 unspecified atom stereocenters. The van der Waals surface area contributed by atoms with Gasteiger partial charge in [0, 0.05) is 23.0 Å². The Morgan fingerprint density at radius 2 is 2.17 bits per heavy atom. The van der Waals surface area contributed by atoms with Gasteiger partial charge in [-0.05, 0) is 48.4 Å². The molecule has 1 aliphatic rings. The lowest BCUT2D eigenvalue weighted by molar-refractivity contribution is 0.623. The number of rotatable bonds is 4. The number of aryl methyl sites for hydroxylation is 1. The molecule has 0 bridgehead atoms. The van der Waals surface area contributed by atoms with E-state index in [0.717, 1.165) is 28.1 Å². The molecular weight excluding hydrogens is 245 g/mol. The molecule has 0 aliphatic heterocycles. The molecule has 0 saturated heterocycles. The third-order valence-electron chi connectivity index (χ3n) is 3.31. The number of hydrogen-bond acceptors (Lipinski definition) is 2. The van der Waals surface area contributed by atoms with E-state index in [4.69, 9.17) is 0 Å². The number of thiophene rings is 1. The van der Waals surface area contributed by atoms with Gasteiger partial charge in [-0.15, -0.1) is 11.3 Å². The number of benzene rings is 1. The van der Waals surface area contributed by atoms with E-state index in [1.165, 1.54) is 12.8 Å². The van der Waals surface area contributed by atoms with Crippen molar-refractivity contribution >= 4 is 11.3 Å². The molecule has 2 aromatic rings. The first-order chi connectivity index (χ1) is 8.74. The molecule has 1 fully saturated rings. The Morgan fingerprint density at radius 3 is 2.78 bits per heavy atom. The van der Waals surface area contributed by atoms with Gasteiger partial charge in [0.2, 0.25) is 0 Å². The molecule has 0 spiro atoms. The van der Waals surface area contributed by atoms with E-state index in [1.807, 2.05) is 30.5 Å². The highest BCUT2D eigenvalue weighted by molar-refractivity contribution is 7.13. The van der Waals surface area contributed by atoms with Crippen molar-refractivity contribution in [2.45, 2.75) is 32.4 Å². The predicted molar refractivity (Wildman–Crippen MR) is 74.3 cm³/mol. The first-order valence-electron chi connectivity index (χ1n) is 6.30. The average Bonchev–Trinajstić information content (AvgIpc) is 3.09. The van der Waals surface area contributed by atoms with Gasteiger partial charge in [0.1, 0.15) is 5.82 Å². The smallest absolute Gasteiger partial charge is 0.132 e. The predicted octanol–water partition coefficient (Wildman–Crippen LogP) is 4.11. The molecule has 0 radical (unpaired) electrons. The minimum atomic E-state index is -0.115. The van der Waals surface area contributed by atoms with Crippen molar-refractivity contribution in [2.24, 2.45) is 0 Å². The molecule has 1 N–H and O–H groups in total. The summed E-state index contributed by atoms with van der Waals surface area (Å²) in [6.45, 7) is 2.79. The largest absolute Gasteiger partial charge is 0.310 e. The van der Waals surface area contributed by atoms with Crippen molar-refractivity contribution in [3.63, 3.8) is 0 Å². The fourth-order valence-electron chi connectivity index (χ4n) is 2.05. The summed E-state index contributed by atoms with van der Waals surface area (Å²) in [4.78, 5) is 1.04. The Balaban J connectivity index is 1.82. The molecular formula is C15H16FNS. The van der Waals surface area contributed by atoms with Crippen LogP contribution in [0.25, 0.3) is 10.4 Å². The molecule has 1 aliphatic carbocycles. The highest BCUT2D eigenvalue weighted by Gasteiger charge is 2.20. The van der Waals surface area contributed by atoms with Gasteiger partial charge in [-0.25, -0.2) is 4.39 Å². The highest BCUT2D eigenvalue weighted by Crippen LogP contribution is 2.31. The third-order valence-corrected chi connectivity index (χ3v) is 4.36. The summed E-state index contributed by atoms with van der Waals surface area (Å²) in [7, 11) is 0. The number of halogens is 1. The van der Waals surface area contributed by atoms with Crippen molar-refractivity contribution < 1.29 is 4.39 Å². The Bertz CT molecular complexity index is 557. The summed E-state index contributed by atoms with van der Waals surface area (Å²) in [6.07, 6.45) is 2.52. The maximum absolute atomic E-state index is 14.1. The molecule has 3 heteroatoms. The second-order valence-corrected chi connectivity index (χ2v) is 5.82. The van der Waals surface area contributed by atoms with Crippen LogP contribution >= 0.6 is 11.3 Å². The van der Waals surface area contributed by atoms with Gasteiger partial charge >= 0.3 is 0 Å². The Morgan fingerprint density at radius 1 is 1.33 bits per heavy atom. The van der Waals surface area contributed by atoms with Crippen molar-refractivity contribution in [3.05, 3.63) is 46.6 Å². The van der Waals surface area contributed by atoms with E-state index < -0.39 is 0 Å². The van der Waals surface area contributed by atoms with Crippen LogP contribution in [0.15, 0.2) is 29.6 Å². The molecule has 1 nitrogen and oxygen atoms in total.